The summed E-state index contributed by atoms with van der Waals surface area (Å²) in [6.45, 7) is 4.52. The van der Waals surface area contributed by atoms with Crippen LogP contribution in [0.5, 0.6) is 0 Å². The third-order valence-corrected chi connectivity index (χ3v) is 3.46. The van der Waals surface area contributed by atoms with E-state index < -0.39 is 0 Å². The molecule has 2 heterocycles. The lowest BCUT2D eigenvalue weighted by Gasteiger charge is -2.16. The number of carbonyl (C=O) groups excluding carboxylic acids is 1. The largest absolute Gasteiger partial charge is 0.337 e. The van der Waals surface area contributed by atoms with Gasteiger partial charge in [-0.2, -0.15) is 5.10 Å². The number of carbonyl (C=O) groups is 1. The van der Waals surface area contributed by atoms with Crippen LogP contribution in [0.25, 0.3) is 11.0 Å². The van der Waals surface area contributed by atoms with E-state index in [4.69, 9.17) is 0 Å². The van der Waals surface area contributed by atoms with Crippen LogP contribution in [0, 0.1) is 0 Å². The second-order valence-corrected chi connectivity index (χ2v) is 5.55. The van der Waals surface area contributed by atoms with Crippen molar-refractivity contribution >= 4 is 16.9 Å². The lowest BCUT2D eigenvalue weighted by molar-refractivity contribution is 0.0785. The second-order valence-electron chi connectivity index (χ2n) is 5.55. The van der Waals surface area contributed by atoms with Gasteiger partial charge in [-0.15, -0.1) is 0 Å². The Kier molecular flexibility index (Phi) is 3.62. The molecular formula is C15H17N5O2. The Morgan fingerprint density at radius 1 is 1.32 bits per heavy atom. The fraction of sp³-hybridized carbons (Fsp3) is 0.333. The molecule has 0 saturated heterocycles. The van der Waals surface area contributed by atoms with Crippen molar-refractivity contribution < 1.29 is 9.42 Å². The lowest BCUT2D eigenvalue weighted by Crippen LogP contribution is -2.25. The SMILES string of the molecule is CC(C)n1cc(C(=O)N(C)Cc2ccc3nonc3c2)cn1. The van der Waals surface area contributed by atoms with E-state index in [9.17, 15) is 4.79 Å². The fourth-order valence-corrected chi connectivity index (χ4v) is 2.22. The maximum Gasteiger partial charge on any atom is 0.257 e. The van der Waals surface area contributed by atoms with Crippen LogP contribution in [-0.2, 0) is 6.54 Å². The summed E-state index contributed by atoms with van der Waals surface area (Å²) in [5.41, 5.74) is 2.94. The highest BCUT2D eigenvalue weighted by molar-refractivity contribution is 5.93. The van der Waals surface area contributed by atoms with Crippen molar-refractivity contribution in [2.24, 2.45) is 0 Å². The van der Waals surface area contributed by atoms with Crippen LogP contribution in [0.15, 0.2) is 35.2 Å². The molecule has 0 N–H and O–H groups in total. The van der Waals surface area contributed by atoms with Crippen LogP contribution in [0.3, 0.4) is 0 Å². The molecule has 1 amide bonds. The monoisotopic (exact) mass is 299 g/mol. The first-order valence-electron chi connectivity index (χ1n) is 7.05. The highest BCUT2D eigenvalue weighted by Crippen LogP contribution is 2.14. The summed E-state index contributed by atoms with van der Waals surface area (Å²) in [4.78, 5) is 14.1. The molecule has 2 aromatic heterocycles. The standard InChI is InChI=1S/C15H17N5O2/c1-10(2)20-9-12(7-16-20)15(21)19(3)8-11-4-5-13-14(6-11)18-22-17-13/h4-7,9-10H,8H2,1-3H3. The number of hydrogen-bond donors (Lipinski definition) is 0. The van der Waals surface area contributed by atoms with Crippen LogP contribution < -0.4 is 0 Å². The summed E-state index contributed by atoms with van der Waals surface area (Å²) in [6.07, 6.45) is 3.37. The van der Waals surface area contributed by atoms with E-state index in [1.54, 1.807) is 29.0 Å². The molecule has 7 nitrogen and oxygen atoms in total. The molecule has 0 fully saturated rings. The van der Waals surface area contributed by atoms with Crippen LogP contribution in [0.4, 0.5) is 0 Å². The molecule has 1 aromatic carbocycles. The van der Waals surface area contributed by atoms with Gasteiger partial charge in [-0.3, -0.25) is 9.48 Å². The normalized spacial score (nSPS) is 11.3. The van der Waals surface area contributed by atoms with Gasteiger partial charge in [0.15, 0.2) is 0 Å². The third kappa shape index (κ3) is 2.69. The predicted octanol–water partition coefficient (Wildman–Crippen LogP) is 2.27. The van der Waals surface area contributed by atoms with Crippen molar-refractivity contribution in [1.29, 1.82) is 0 Å². The van der Waals surface area contributed by atoms with E-state index >= 15 is 0 Å². The van der Waals surface area contributed by atoms with E-state index in [0.717, 1.165) is 5.56 Å². The van der Waals surface area contributed by atoms with Crippen LogP contribution in [-0.4, -0.2) is 37.9 Å². The minimum atomic E-state index is -0.0646. The quantitative estimate of drug-likeness (QED) is 0.738. The molecule has 3 aromatic rings. The number of fused-ring (bicyclic) bond motifs is 1. The van der Waals surface area contributed by atoms with Crippen LogP contribution in [0.1, 0.15) is 35.8 Å². The molecule has 22 heavy (non-hydrogen) atoms. The Balaban J connectivity index is 1.74. The van der Waals surface area contributed by atoms with E-state index in [1.807, 2.05) is 32.0 Å². The maximum absolute atomic E-state index is 12.4. The predicted molar refractivity (Wildman–Crippen MR) is 80.2 cm³/mol. The molecule has 3 rings (SSSR count). The van der Waals surface area contributed by atoms with Gasteiger partial charge in [0, 0.05) is 25.8 Å². The number of aromatic nitrogens is 4. The van der Waals surface area contributed by atoms with E-state index in [0.29, 0.717) is 23.1 Å². The lowest BCUT2D eigenvalue weighted by atomic mass is 10.2. The summed E-state index contributed by atoms with van der Waals surface area (Å²) in [5, 5.41) is 11.8. The Morgan fingerprint density at radius 3 is 2.82 bits per heavy atom. The van der Waals surface area contributed by atoms with Crippen molar-refractivity contribution in [3.8, 4) is 0 Å². The van der Waals surface area contributed by atoms with Gasteiger partial charge in [-0.1, -0.05) is 6.07 Å². The van der Waals surface area contributed by atoms with Gasteiger partial charge < -0.3 is 4.90 Å². The zero-order chi connectivity index (χ0) is 15.7. The van der Waals surface area contributed by atoms with Gasteiger partial charge in [0.05, 0.1) is 11.8 Å². The summed E-state index contributed by atoms with van der Waals surface area (Å²) in [5.74, 6) is -0.0646. The van der Waals surface area contributed by atoms with Gasteiger partial charge in [-0.25, -0.2) is 4.63 Å². The Bertz CT molecular complexity index is 805. The molecule has 0 unspecified atom stereocenters. The molecule has 0 saturated carbocycles. The topological polar surface area (TPSA) is 77.0 Å². The van der Waals surface area contributed by atoms with Gasteiger partial charge in [-0.05, 0) is 41.9 Å². The third-order valence-electron chi connectivity index (χ3n) is 3.46. The summed E-state index contributed by atoms with van der Waals surface area (Å²) >= 11 is 0. The number of nitrogens with zero attached hydrogens (tertiary/aromatic N) is 5. The molecule has 7 heteroatoms. The summed E-state index contributed by atoms with van der Waals surface area (Å²) < 4.78 is 6.45. The second kappa shape index (κ2) is 5.59. The molecule has 0 aliphatic rings. The zero-order valence-electron chi connectivity index (χ0n) is 12.7. The van der Waals surface area contributed by atoms with Crippen LogP contribution >= 0.6 is 0 Å². The Hall–Kier alpha value is -2.70. The number of hydrogen-bond acceptors (Lipinski definition) is 5. The molecule has 0 spiro atoms. The molecule has 0 aliphatic carbocycles. The first kappa shape index (κ1) is 14.2. The highest BCUT2D eigenvalue weighted by atomic mass is 16.6. The molecule has 0 radical (unpaired) electrons. The van der Waals surface area contributed by atoms with Gasteiger partial charge in [0.2, 0.25) is 0 Å². The Labute approximate surface area is 127 Å². The smallest absolute Gasteiger partial charge is 0.257 e. The van der Waals surface area contributed by atoms with E-state index in [1.165, 1.54) is 0 Å². The highest BCUT2D eigenvalue weighted by Gasteiger charge is 2.15. The van der Waals surface area contributed by atoms with Gasteiger partial charge in [0.25, 0.3) is 5.91 Å². The first-order valence-corrected chi connectivity index (χ1v) is 7.05. The summed E-state index contributed by atoms with van der Waals surface area (Å²) in [7, 11) is 1.76. The van der Waals surface area contributed by atoms with E-state index in [2.05, 4.69) is 20.0 Å². The average Bonchev–Trinajstić information content (AvgIpc) is 3.15. The van der Waals surface area contributed by atoms with Crippen molar-refractivity contribution in [2.75, 3.05) is 7.05 Å². The van der Waals surface area contributed by atoms with Crippen molar-refractivity contribution in [2.45, 2.75) is 26.4 Å². The zero-order valence-corrected chi connectivity index (χ0v) is 12.7. The summed E-state index contributed by atoms with van der Waals surface area (Å²) in [6, 6.07) is 5.84. The fourth-order valence-electron chi connectivity index (χ4n) is 2.22. The molecule has 0 aliphatic heterocycles. The molecule has 0 atom stereocenters. The number of amides is 1. The molecule has 114 valence electrons. The van der Waals surface area contributed by atoms with Gasteiger partial charge >= 0.3 is 0 Å². The molecule has 0 bridgehead atoms. The van der Waals surface area contributed by atoms with Gasteiger partial charge in [0.1, 0.15) is 11.0 Å². The van der Waals surface area contributed by atoms with Crippen molar-refractivity contribution in [3.05, 3.63) is 41.7 Å². The average molecular weight is 299 g/mol. The molecular weight excluding hydrogens is 282 g/mol. The van der Waals surface area contributed by atoms with Crippen LogP contribution in [0.2, 0.25) is 0 Å². The minimum absolute atomic E-state index is 0.0646. The number of rotatable bonds is 4. The minimum Gasteiger partial charge on any atom is -0.337 e. The van der Waals surface area contributed by atoms with Crippen molar-refractivity contribution in [3.63, 3.8) is 0 Å². The maximum atomic E-state index is 12.4. The number of benzene rings is 1. The van der Waals surface area contributed by atoms with E-state index in [-0.39, 0.29) is 11.9 Å². The first-order chi connectivity index (χ1) is 10.5. The van der Waals surface area contributed by atoms with Crippen molar-refractivity contribution in [1.82, 2.24) is 25.0 Å². The Morgan fingerprint density at radius 2 is 2.09 bits per heavy atom.